The SMILES string of the molecule is OCc1cc(-c2ccccc2F)cc(C(F)(F)F)c1. The van der Waals surface area contributed by atoms with Crippen molar-refractivity contribution in [2.75, 3.05) is 0 Å². The van der Waals surface area contributed by atoms with E-state index in [0.29, 0.717) is 0 Å². The molecule has 0 heterocycles. The van der Waals surface area contributed by atoms with E-state index < -0.39 is 24.2 Å². The van der Waals surface area contributed by atoms with Crippen LogP contribution in [-0.4, -0.2) is 5.11 Å². The maximum absolute atomic E-state index is 13.6. The van der Waals surface area contributed by atoms with E-state index in [1.165, 1.54) is 30.3 Å². The number of aliphatic hydroxyl groups excluding tert-OH is 1. The molecule has 0 amide bonds. The van der Waals surface area contributed by atoms with Gasteiger partial charge in [0.15, 0.2) is 0 Å². The number of benzene rings is 2. The summed E-state index contributed by atoms with van der Waals surface area (Å²) in [4.78, 5) is 0. The van der Waals surface area contributed by atoms with Crippen LogP contribution >= 0.6 is 0 Å². The predicted molar refractivity (Wildman–Crippen MR) is 62.8 cm³/mol. The van der Waals surface area contributed by atoms with Crippen molar-refractivity contribution in [3.05, 3.63) is 59.4 Å². The lowest BCUT2D eigenvalue weighted by atomic mass is 9.99. The minimum absolute atomic E-state index is 0.0725. The third kappa shape index (κ3) is 2.93. The molecule has 0 aliphatic rings. The lowest BCUT2D eigenvalue weighted by Crippen LogP contribution is -2.06. The van der Waals surface area contributed by atoms with Crippen LogP contribution in [0.15, 0.2) is 42.5 Å². The Kier molecular flexibility index (Phi) is 3.57. The van der Waals surface area contributed by atoms with Gasteiger partial charge < -0.3 is 5.11 Å². The number of halogens is 4. The summed E-state index contributed by atoms with van der Waals surface area (Å²) in [6, 6.07) is 8.63. The van der Waals surface area contributed by atoms with Crippen molar-refractivity contribution in [1.82, 2.24) is 0 Å². The summed E-state index contributed by atoms with van der Waals surface area (Å²) in [5.74, 6) is -0.606. The fourth-order valence-electron chi connectivity index (χ4n) is 1.80. The summed E-state index contributed by atoms with van der Waals surface area (Å²) in [6.45, 7) is -0.536. The van der Waals surface area contributed by atoms with Gasteiger partial charge in [0.2, 0.25) is 0 Å². The molecule has 0 aromatic heterocycles. The number of aliphatic hydroxyl groups is 1. The second-order valence-electron chi connectivity index (χ2n) is 4.05. The molecule has 0 spiro atoms. The maximum Gasteiger partial charge on any atom is 0.416 e. The molecular weight excluding hydrogens is 260 g/mol. The quantitative estimate of drug-likeness (QED) is 0.818. The van der Waals surface area contributed by atoms with E-state index in [4.69, 9.17) is 5.11 Å². The number of rotatable bonds is 2. The Morgan fingerprint density at radius 3 is 2.26 bits per heavy atom. The molecule has 100 valence electrons. The van der Waals surface area contributed by atoms with E-state index in [1.54, 1.807) is 0 Å². The molecule has 19 heavy (non-hydrogen) atoms. The van der Waals surface area contributed by atoms with E-state index in [1.807, 2.05) is 0 Å². The van der Waals surface area contributed by atoms with Gasteiger partial charge in [0, 0.05) is 5.56 Å². The molecule has 0 aliphatic heterocycles. The van der Waals surface area contributed by atoms with Crippen LogP contribution in [0, 0.1) is 5.82 Å². The van der Waals surface area contributed by atoms with Gasteiger partial charge in [-0.25, -0.2) is 4.39 Å². The zero-order valence-corrected chi connectivity index (χ0v) is 9.71. The lowest BCUT2D eigenvalue weighted by Gasteiger charge is -2.12. The van der Waals surface area contributed by atoms with E-state index in [0.717, 1.165) is 12.1 Å². The van der Waals surface area contributed by atoms with Crippen LogP contribution in [0.25, 0.3) is 11.1 Å². The van der Waals surface area contributed by atoms with Crippen molar-refractivity contribution in [2.24, 2.45) is 0 Å². The highest BCUT2D eigenvalue weighted by Crippen LogP contribution is 2.34. The Balaban J connectivity index is 2.61. The van der Waals surface area contributed by atoms with Gasteiger partial charge in [0.25, 0.3) is 0 Å². The summed E-state index contributed by atoms with van der Waals surface area (Å²) in [7, 11) is 0. The zero-order valence-electron chi connectivity index (χ0n) is 9.71. The molecule has 0 fully saturated rings. The highest BCUT2D eigenvalue weighted by molar-refractivity contribution is 5.66. The summed E-state index contributed by atoms with van der Waals surface area (Å²) in [5, 5.41) is 9.01. The summed E-state index contributed by atoms with van der Waals surface area (Å²) in [6.07, 6.45) is -4.54. The van der Waals surface area contributed by atoms with E-state index in [-0.39, 0.29) is 16.7 Å². The topological polar surface area (TPSA) is 20.2 Å². The number of hydrogen-bond donors (Lipinski definition) is 1. The van der Waals surface area contributed by atoms with Crippen molar-refractivity contribution >= 4 is 0 Å². The van der Waals surface area contributed by atoms with Crippen LogP contribution in [0.1, 0.15) is 11.1 Å². The monoisotopic (exact) mass is 270 g/mol. The summed E-state index contributed by atoms with van der Waals surface area (Å²) >= 11 is 0. The number of hydrogen-bond acceptors (Lipinski definition) is 1. The Morgan fingerprint density at radius 1 is 1.00 bits per heavy atom. The Bertz CT molecular complexity index is 590. The van der Waals surface area contributed by atoms with Crippen LogP contribution in [0.2, 0.25) is 0 Å². The fraction of sp³-hybridized carbons (Fsp3) is 0.143. The molecule has 0 unspecified atom stereocenters. The smallest absolute Gasteiger partial charge is 0.392 e. The lowest BCUT2D eigenvalue weighted by molar-refractivity contribution is -0.137. The van der Waals surface area contributed by atoms with Gasteiger partial charge in [0.05, 0.1) is 12.2 Å². The highest BCUT2D eigenvalue weighted by Gasteiger charge is 2.31. The van der Waals surface area contributed by atoms with Crippen LogP contribution in [0.3, 0.4) is 0 Å². The second kappa shape index (κ2) is 5.01. The normalized spacial score (nSPS) is 11.6. The van der Waals surface area contributed by atoms with Gasteiger partial charge in [-0.2, -0.15) is 13.2 Å². The molecule has 1 nitrogen and oxygen atoms in total. The fourth-order valence-corrected chi connectivity index (χ4v) is 1.80. The van der Waals surface area contributed by atoms with E-state index in [9.17, 15) is 17.6 Å². The minimum atomic E-state index is -4.54. The van der Waals surface area contributed by atoms with Gasteiger partial charge in [-0.3, -0.25) is 0 Å². The van der Waals surface area contributed by atoms with Crippen molar-refractivity contribution in [3.8, 4) is 11.1 Å². The van der Waals surface area contributed by atoms with Gasteiger partial charge in [-0.15, -0.1) is 0 Å². The van der Waals surface area contributed by atoms with Crippen LogP contribution in [-0.2, 0) is 12.8 Å². The van der Waals surface area contributed by atoms with E-state index >= 15 is 0 Å². The molecule has 2 rings (SSSR count). The first kappa shape index (κ1) is 13.5. The molecule has 0 aliphatic carbocycles. The predicted octanol–water partition coefficient (Wildman–Crippen LogP) is 4.00. The molecule has 1 N–H and O–H groups in total. The average molecular weight is 270 g/mol. The third-order valence-electron chi connectivity index (χ3n) is 2.69. The van der Waals surface area contributed by atoms with Crippen LogP contribution in [0.5, 0.6) is 0 Å². The molecule has 0 bridgehead atoms. The first-order valence-corrected chi connectivity index (χ1v) is 5.49. The van der Waals surface area contributed by atoms with Crippen molar-refractivity contribution in [1.29, 1.82) is 0 Å². The van der Waals surface area contributed by atoms with Crippen LogP contribution < -0.4 is 0 Å². The molecular formula is C14H10F4O. The highest BCUT2D eigenvalue weighted by atomic mass is 19.4. The molecule has 2 aromatic carbocycles. The number of alkyl halides is 3. The Labute approximate surface area is 107 Å². The van der Waals surface area contributed by atoms with Gasteiger partial charge >= 0.3 is 6.18 Å². The minimum Gasteiger partial charge on any atom is -0.392 e. The van der Waals surface area contributed by atoms with Crippen molar-refractivity contribution < 1.29 is 22.7 Å². The molecule has 0 radical (unpaired) electrons. The van der Waals surface area contributed by atoms with Gasteiger partial charge in [-0.05, 0) is 35.4 Å². The maximum atomic E-state index is 13.6. The van der Waals surface area contributed by atoms with Crippen molar-refractivity contribution in [2.45, 2.75) is 12.8 Å². The summed E-state index contributed by atoms with van der Waals surface area (Å²) in [5.41, 5.74) is -0.648. The zero-order chi connectivity index (χ0) is 14.0. The van der Waals surface area contributed by atoms with Crippen molar-refractivity contribution in [3.63, 3.8) is 0 Å². The molecule has 5 heteroatoms. The third-order valence-corrected chi connectivity index (χ3v) is 2.69. The molecule has 0 saturated carbocycles. The van der Waals surface area contributed by atoms with Gasteiger partial charge in [-0.1, -0.05) is 18.2 Å². The average Bonchev–Trinajstić information content (AvgIpc) is 2.37. The largest absolute Gasteiger partial charge is 0.416 e. The van der Waals surface area contributed by atoms with E-state index in [2.05, 4.69) is 0 Å². The van der Waals surface area contributed by atoms with Crippen LogP contribution in [0.4, 0.5) is 17.6 Å². The molecule has 0 atom stereocenters. The standard InChI is InChI=1S/C14H10F4O/c15-13-4-2-1-3-12(13)10-5-9(8-19)6-11(7-10)14(16,17)18/h1-7,19H,8H2. The first-order chi connectivity index (χ1) is 8.91. The van der Waals surface area contributed by atoms with Gasteiger partial charge in [0.1, 0.15) is 5.82 Å². The molecule has 2 aromatic rings. The Morgan fingerprint density at radius 2 is 1.68 bits per heavy atom. The first-order valence-electron chi connectivity index (χ1n) is 5.49. The second-order valence-corrected chi connectivity index (χ2v) is 4.05. The summed E-state index contributed by atoms with van der Waals surface area (Å²) < 4.78 is 51.8. The molecule has 0 saturated heterocycles. The Hall–Kier alpha value is -1.88.